The summed E-state index contributed by atoms with van der Waals surface area (Å²) in [5.74, 6) is 0.932. The van der Waals surface area contributed by atoms with Gasteiger partial charge in [0, 0.05) is 0 Å². The number of benzene rings is 2. The molecule has 0 bridgehead atoms. The van der Waals surface area contributed by atoms with Crippen LogP contribution in [0.4, 0.5) is 0 Å². The molecule has 0 radical (unpaired) electrons. The van der Waals surface area contributed by atoms with Gasteiger partial charge in [0.15, 0.2) is 8.32 Å². The van der Waals surface area contributed by atoms with E-state index in [-0.39, 0.29) is 0 Å². The normalized spacial score (nSPS) is 12.5. The first-order valence-corrected chi connectivity index (χ1v) is 15.1. The van der Waals surface area contributed by atoms with Crippen LogP contribution in [0.2, 0.25) is 32.2 Å². The summed E-state index contributed by atoms with van der Waals surface area (Å²) in [6, 6.07) is 15.9. The third-order valence-corrected chi connectivity index (χ3v) is 10.7. The Morgan fingerprint density at radius 1 is 0.833 bits per heavy atom. The zero-order valence-corrected chi connectivity index (χ0v) is 17.9. The molecule has 0 spiro atoms. The van der Waals surface area contributed by atoms with Gasteiger partial charge in [0.1, 0.15) is 5.75 Å². The van der Waals surface area contributed by atoms with Crippen LogP contribution in [0.25, 0.3) is 10.8 Å². The largest absolute Gasteiger partial charge is 0.521 e. The van der Waals surface area contributed by atoms with Crippen molar-refractivity contribution in [2.45, 2.75) is 64.8 Å². The van der Waals surface area contributed by atoms with Gasteiger partial charge in [0.05, 0.1) is 0 Å². The van der Waals surface area contributed by atoms with Gasteiger partial charge in [-0.25, -0.2) is 0 Å². The van der Waals surface area contributed by atoms with Crippen LogP contribution in [0, 0.1) is 0 Å². The van der Waals surface area contributed by atoms with Crippen molar-refractivity contribution in [1.82, 2.24) is 0 Å². The van der Waals surface area contributed by atoms with Crippen LogP contribution in [0.15, 0.2) is 42.5 Å². The summed E-state index contributed by atoms with van der Waals surface area (Å²) < 4.78 is 12.9. The zero-order chi connectivity index (χ0) is 17.6. The fourth-order valence-corrected chi connectivity index (χ4v) is 10.9. The minimum Gasteiger partial charge on any atom is -0.521 e. The van der Waals surface area contributed by atoms with Gasteiger partial charge >= 0.3 is 8.56 Å². The maximum Gasteiger partial charge on any atom is 0.382 e. The van der Waals surface area contributed by atoms with E-state index in [2.05, 4.69) is 75.6 Å². The molecule has 2 rings (SSSR count). The third-order valence-electron chi connectivity index (χ3n) is 4.24. The second-order valence-corrected chi connectivity index (χ2v) is 15.5. The van der Waals surface area contributed by atoms with Crippen molar-refractivity contribution in [2.24, 2.45) is 0 Å². The molecule has 0 unspecified atom stereocenters. The van der Waals surface area contributed by atoms with Crippen LogP contribution >= 0.6 is 0 Å². The van der Waals surface area contributed by atoms with E-state index >= 15 is 0 Å². The maximum absolute atomic E-state index is 6.58. The molecule has 0 saturated carbocycles. The smallest absolute Gasteiger partial charge is 0.382 e. The second-order valence-electron chi connectivity index (χ2n) is 7.68. The molecule has 2 nitrogen and oxygen atoms in total. The summed E-state index contributed by atoms with van der Waals surface area (Å²) in [6.45, 7) is 11.3. The molecule has 0 fully saturated rings. The van der Waals surface area contributed by atoms with E-state index in [1.165, 1.54) is 42.5 Å². The van der Waals surface area contributed by atoms with E-state index in [1.807, 2.05) is 0 Å². The van der Waals surface area contributed by atoms with Gasteiger partial charge in [-0.3, -0.25) is 0 Å². The van der Waals surface area contributed by atoms with Crippen LogP contribution < -0.4 is 4.43 Å². The van der Waals surface area contributed by atoms with Crippen molar-refractivity contribution >= 4 is 27.7 Å². The number of hydrogen-bond acceptors (Lipinski definition) is 2. The van der Waals surface area contributed by atoms with E-state index < -0.39 is 16.9 Å². The quantitative estimate of drug-likeness (QED) is 0.365. The van der Waals surface area contributed by atoms with Gasteiger partial charge < -0.3 is 8.54 Å². The summed E-state index contributed by atoms with van der Waals surface area (Å²) in [7, 11) is -3.83. The molecule has 0 atom stereocenters. The number of fused-ring (bicyclic) bond motifs is 1. The van der Waals surface area contributed by atoms with Gasteiger partial charge in [-0.1, -0.05) is 62.9 Å². The van der Waals surface area contributed by atoms with Crippen LogP contribution in [-0.2, 0) is 4.12 Å². The minimum absolute atomic E-state index is 0.932. The van der Waals surface area contributed by atoms with Gasteiger partial charge in [0.2, 0.25) is 0 Å². The van der Waals surface area contributed by atoms with Crippen LogP contribution in [0.5, 0.6) is 5.75 Å². The Kier molecular flexibility index (Phi) is 6.66. The SMILES string of the molecule is CCCCCC[Si](C)(C)O[Si](C)(C)Oc1ccc2ccccc2c1. The molecule has 0 aliphatic heterocycles. The standard InChI is InChI=1S/C20H32O2Si2/c1-6-7-8-11-16-23(2,3)22-24(4,5)21-20-15-14-18-12-9-10-13-19(18)17-20/h9-10,12-15,17H,6-8,11,16H2,1-5H3. The molecule has 0 amide bonds. The Morgan fingerprint density at radius 2 is 1.54 bits per heavy atom. The van der Waals surface area contributed by atoms with E-state index in [4.69, 9.17) is 8.54 Å². The van der Waals surface area contributed by atoms with Crippen LogP contribution in [-0.4, -0.2) is 16.9 Å². The molecular formula is C20H32O2Si2. The van der Waals surface area contributed by atoms with Gasteiger partial charge in [0.25, 0.3) is 0 Å². The maximum atomic E-state index is 6.58. The molecule has 2 aromatic rings. The molecule has 132 valence electrons. The highest BCUT2D eigenvalue weighted by Gasteiger charge is 2.35. The topological polar surface area (TPSA) is 18.5 Å². The highest BCUT2D eigenvalue weighted by Crippen LogP contribution is 2.26. The minimum atomic E-state index is -2.17. The summed E-state index contributed by atoms with van der Waals surface area (Å²) in [4.78, 5) is 0. The molecule has 0 aliphatic carbocycles. The molecule has 0 heterocycles. The van der Waals surface area contributed by atoms with Crippen LogP contribution in [0.1, 0.15) is 32.6 Å². The van der Waals surface area contributed by atoms with Crippen LogP contribution in [0.3, 0.4) is 0 Å². The van der Waals surface area contributed by atoms with E-state index in [9.17, 15) is 0 Å². The first-order valence-electron chi connectivity index (χ1n) is 9.19. The first kappa shape index (κ1) is 19.2. The van der Waals surface area contributed by atoms with Crippen molar-refractivity contribution < 1.29 is 8.54 Å². The first-order chi connectivity index (χ1) is 11.3. The van der Waals surface area contributed by atoms with Crippen molar-refractivity contribution in [3.63, 3.8) is 0 Å². The van der Waals surface area contributed by atoms with Gasteiger partial charge in [-0.05, 0) is 55.1 Å². The summed E-state index contributed by atoms with van der Waals surface area (Å²) in [5.41, 5.74) is 0. The lowest BCUT2D eigenvalue weighted by Crippen LogP contribution is -2.48. The Balaban J connectivity index is 1.98. The van der Waals surface area contributed by atoms with E-state index in [1.54, 1.807) is 0 Å². The van der Waals surface area contributed by atoms with Crippen molar-refractivity contribution in [3.05, 3.63) is 42.5 Å². The molecule has 0 aliphatic rings. The zero-order valence-electron chi connectivity index (χ0n) is 15.9. The lowest BCUT2D eigenvalue weighted by molar-refractivity contribution is 0.393. The molecular weight excluding hydrogens is 328 g/mol. The molecule has 2 aromatic carbocycles. The summed E-state index contributed by atoms with van der Waals surface area (Å²) in [6.07, 6.45) is 5.23. The average molecular weight is 361 g/mol. The molecule has 0 saturated heterocycles. The van der Waals surface area contributed by atoms with E-state index in [0.717, 1.165) is 5.75 Å². The molecule has 4 heteroatoms. The van der Waals surface area contributed by atoms with Crippen molar-refractivity contribution in [1.29, 1.82) is 0 Å². The Hall–Kier alpha value is -1.11. The van der Waals surface area contributed by atoms with Gasteiger partial charge in [-0.2, -0.15) is 0 Å². The highest BCUT2D eigenvalue weighted by molar-refractivity contribution is 6.82. The predicted molar refractivity (Wildman–Crippen MR) is 110 cm³/mol. The molecule has 24 heavy (non-hydrogen) atoms. The summed E-state index contributed by atoms with van der Waals surface area (Å²) >= 11 is 0. The number of hydrogen-bond donors (Lipinski definition) is 0. The number of unbranched alkanes of at least 4 members (excludes halogenated alkanes) is 3. The van der Waals surface area contributed by atoms with Crippen molar-refractivity contribution in [2.75, 3.05) is 0 Å². The lowest BCUT2D eigenvalue weighted by Gasteiger charge is -2.33. The summed E-state index contributed by atoms with van der Waals surface area (Å²) in [5, 5.41) is 2.46. The number of rotatable bonds is 9. The monoisotopic (exact) mass is 360 g/mol. The molecule has 0 N–H and O–H groups in total. The predicted octanol–water partition coefficient (Wildman–Crippen LogP) is 6.72. The van der Waals surface area contributed by atoms with E-state index in [0.29, 0.717) is 0 Å². The Bertz CT molecular complexity index is 653. The van der Waals surface area contributed by atoms with Crippen molar-refractivity contribution in [3.8, 4) is 5.75 Å². The lowest BCUT2D eigenvalue weighted by atomic mass is 10.1. The fraction of sp³-hybridized carbons (Fsp3) is 0.500. The highest BCUT2D eigenvalue weighted by atomic mass is 28.4. The van der Waals surface area contributed by atoms with Gasteiger partial charge in [-0.15, -0.1) is 0 Å². The fourth-order valence-electron chi connectivity index (χ4n) is 3.23. The Morgan fingerprint density at radius 3 is 2.25 bits per heavy atom. The average Bonchev–Trinajstić information content (AvgIpc) is 2.50. The molecule has 0 aromatic heterocycles. The third kappa shape index (κ3) is 6.07. The Labute approximate surface area is 149 Å². The second kappa shape index (κ2) is 8.32.